The van der Waals surface area contributed by atoms with E-state index in [1.807, 2.05) is 23.8 Å². The fraction of sp³-hybridized carbons (Fsp3) is 0.207. The highest BCUT2D eigenvalue weighted by Crippen LogP contribution is 2.58. The van der Waals surface area contributed by atoms with Crippen LogP contribution in [0.4, 0.5) is 14.9 Å². The molecule has 0 bridgehead atoms. The van der Waals surface area contributed by atoms with Gasteiger partial charge in [-0.15, -0.1) is 22.7 Å². The maximum Gasteiger partial charge on any atom is 0.330 e. The number of likely N-dealkylation sites (tertiary alicyclic amines) is 1. The van der Waals surface area contributed by atoms with Crippen LogP contribution in [-0.4, -0.2) is 33.3 Å². The number of urea groups is 1. The number of nitrogens with one attached hydrogen (secondary N) is 1. The van der Waals surface area contributed by atoms with E-state index in [1.54, 1.807) is 36.4 Å². The number of rotatable bonds is 6. The predicted octanol–water partition coefficient (Wildman–Crippen LogP) is 7.63. The summed E-state index contributed by atoms with van der Waals surface area (Å²) in [6, 6.07) is 15.6. The summed E-state index contributed by atoms with van der Waals surface area (Å²) < 4.78 is 13.5. The Hall–Kier alpha value is -3.53. The fourth-order valence-electron chi connectivity index (χ4n) is 5.44. The number of aliphatic carboxylic acids is 1. The Morgan fingerprint density at radius 2 is 1.77 bits per heavy atom. The Balaban J connectivity index is 1.74. The molecule has 0 radical (unpaired) electrons. The van der Waals surface area contributed by atoms with Crippen molar-refractivity contribution in [2.45, 2.75) is 31.3 Å². The quantitative estimate of drug-likeness (QED) is 0.229. The minimum Gasteiger partial charge on any atom is -0.479 e. The molecule has 200 valence electrons. The van der Waals surface area contributed by atoms with Crippen LogP contribution >= 0.6 is 34.3 Å². The third-order valence-electron chi connectivity index (χ3n) is 7.26. The van der Waals surface area contributed by atoms with Crippen molar-refractivity contribution in [2.75, 3.05) is 5.32 Å². The van der Waals surface area contributed by atoms with Gasteiger partial charge in [0.2, 0.25) is 0 Å². The maximum atomic E-state index is 14.4. The number of ketones is 1. The first-order valence-corrected chi connectivity index (χ1v) is 14.2. The van der Waals surface area contributed by atoms with Crippen LogP contribution in [0.25, 0.3) is 0 Å². The minimum absolute atomic E-state index is 0.299. The van der Waals surface area contributed by atoms with Gasteiger partial charge >= 0.3 is 12.0 Å². The third kappa shape index (κ3) is 4.75. The number of benzene rings is 2. The third-order valence-corrected chi connectivity index (χ3v) is 9.54. The number of nitrogens with zero attached hydrogens (tertiary/aromatic N) is 1. The van der Waals surface area contributed by atoms with E-state index in [4.69, 9.17) is 11.6 Å². The van der Waals surface area contributed by atoms with Crippen molar-refractivity contribution < 1.29 is 23.9 Å². The van der Waals surface area contributed by atoms with Gasteiger partial charge in [0.1, 0.15) is 11.4 Å². The molecule has 1 aliphatic heterocycles. The van der Waals surface area contributed by atoms with Crippen LogP contribution in [0, 0.1) is 18.7 Å². The molecular formula is C29H24ClFN2O4S2. The monoisotopic (exact) mass is 582 g/mol. The lowest BCUT2D eigenvalue weighted by molar-refractivity contribution is -0.148. The molecule has 4 aromatic rings. The Kier molecular flexibility index (Phi) is 7.33. The SMILES string of the molecule is Cc1ccsc1C1C(C(=O)c2cccc(Cl)c2)C(c2cccs2)C(C)(C(=O)O)N1C(=O)Nc1ccc(F)cc1. The molecular weight excluding hydrogens is 559 g/mol. The second-order valence-corrected chi connectivity index (χ2v) is 11.9. The molecule has 1 aliphatic rings. The molecule has 4 unspecified atom stereocenters. The number of Topliss-reactive ketones (excluding diaryl/α,β-unsaturated/α-hetero) is 1. The molecule has 2 N–H and O–H groups in total. The van der Waals surface area contributed by atoms with Crippen molar-refractivity contribution >= 4 is 57.7 Å². The van der Waals surface area contributed by atoms with E-state index in [2.05, 4.69) is 5.32 Å². The van der Waals surface area contributed by atoms with Gasteiger partial charge in [0.25, 0.3) is 0 Å². The van der Waals surface area contributed by atoms with Gasteiger partial charge in [-0.25, -0.2) is 14.0 Å². The van der Waals surface area contributed by atoms with Gasteiger partial charge in [0.15, 0.2) is 5.78 Å². The first-order chi connectivity index (χ1) is 18.6. The van der Waals surface area contributed by atoms with E-state index < -0.39 is 41.2 Å². The summed E-state index contributed by atoms with van der Waals surface area (Å²) in [5, 5.41) is 17.6. The van der Waals surface area contributed by atoms with Crippen LogP contribution in [0.3, 0.4) is 0 Å². The number of carboxylic acids is 1. The number of amides is 2. The summed E-state index contributed by atoms with van der Waals surface area (Å²) in [6.07, 6.45) is 0. The lowest BCUT2D eigenvalue weighted by atomic mass is 9.75. The van der Waals surface area contributed by atoms with Crippen LogP contribution in [-0.2, 0) is 4.79 Å². The number of hydrogen-bond acceptors (Lipinski definition) is 5. The van der Waals surface area contributed by atoms with Crippen molar-refractivity contribution in [3.8, 4) is 0 Å². The van der Waals surface area contributed by atoms with Crippen molar-refractivity contribution in [2.24, 2.45) is 5.92 Å². The van der Waals surface area contributed by atoms with Crippen molar-refractivity contribution in [1.29, 1.82) is 0 Å². The maximum absolute atomic E-state index is 14.4. The highest BCUT2D eigenvalue weighted by Gasteiger charge is 2.65. The van der Waals surface area contributed by atoms with Crippen molar-refractivity contribution in [3.05, 3.63) is 109 Å². The number of aryl methyl sites for hydroxylation is 1. The van der Waals surface area contributed by atoms with Crippen LogP contribution < -0.4 is 5.32 Å². The fourth-order valence-corrected chi connectivity index (χ4v) is 7.69. The molecule has 2 amide bonds. The summed E-state index contributed by atoms with van der Waals surface area (Å²) in [7, 11) is 0. The molecule has 2 aromatic heterocycles. The van der Waals surface area contributed by atoms with Crippen molar-refractivity contribution in [1.82, 2.24) is 4.90 Å². The first-order valence-electron chi connectivity index (χ1n) is 12.1. The van der Waals surface area contributed by atoms with Gasteiger partial charge in [-0.05, 0) is 78.7 Å². The van der Waals surface area contributed by atoms with E-state index in [1.165, 1.54) is 58.8 Å². The number of thiophene rings is 2. The van der Waals surface area contributed by atoms with Gasteiger partial charge in [0.05, 0.1) is 12.0 Å². The minimum atomic E-state index is -1.81. The Morgan fingerprint density at radius 3 is 2.36 bits per heavy atom. The highest BCUT2D eigenvalue weighted by molar-refractivity contribution is 7.10. The topological polar surface area (TPSA) is 86.7 Å². The zero-order valence-electron chi connectivity index (χ0n) is 20.9. The zero-order chi connectivity index (χ0) is 27.9. The largest absolute Gasteiger partial charge is 0.479 e. The highest BCUT2D eigenvalue weighted by atomic mass is 35.5. The van der Waals surface area contributed by atoms with Gasteiger partial charge in [-0.3, -0.25) is 9.69 Å². The molecule has 3 heterocycles. The lowest BCUT2D eigenvalue weighted by Gasteiger charge is -2.37. The molecule has 39 heavy (non-hydrogen) atoms. The molecule has 6 nitrogen and oxygen atoms in total. The van der Waals surface area contributed by atoms with Gasteiger partial charge in [-0.1, -0.05) is 29.8 Å². The summed E-state index contributed by atoms with van der Waals surface area (Å²) in [6.45, 7) is 3.37. The smallest absolute Gasteiger partial charge is 0.330 e. The Bertz CT molecular complexity index is 1540. The molecule has 0 saturated carbocycles. The molecule has 1 saturated heterocycles. The number of carbonyl (C=O) groups is 3. The average molecular weight is 583 g/mol. The molecule has 4 atom stereocenters. The number of halogens is 2. The Labute approximate surface area is 237 Å². The molecule has 10 heteroatoms. The van der Waals surface area contributed by atoms with Gasteiger partial charge in [0, 0.05) is 31.9 Å². The molecule has 1 fully saturated rings. The van der Waals surface area contributed by atoms with Crippen molar-refractivity contribution in [3.63, 3.8) is 0 Å². The predicted molar refractivity (Wildman–Crippen MR) is 151 cm³/mol. The molecule has 5 rings (SSSR count). The summed E-state index contributed by atoms with van der Waals surface area (Å²) >= 11 is 8.95. The summed E-state index contributed by atoms with van der Waals surface area (Å²) in [4.78, 5) is 44.3. The van der Waals surface area contributed by atoms with E-state index in [-0.39, 0.29) is 5.78 Å². The summed E-state index contributed by atoms with van der Waals surface area (Å²) in [5.74, 6) is -3.82. The second-order valence-electron chi connectivity index (χ2n) is 9.57. The first kappa shape index (κ1) is 27.1. The number of carbonyl (C=O) groups excluding carboxylic acids is 2. The lowest BCUT2D eigenvalue weighted by Crippen LogP contribution is -2.55. The van der Waals surface area contributed by atoms with E-state index >= 15 is 0 Å². The standard InChI is InChI=1S/C29H24ClFN2O4S2/c1-16-12-14-39-26(16)24-22(25(34)17-5-3-6-18(30)15-17)23(21-7-4-13-38-21)29(2,27(35)36)33(24)28(37)32-20-10-8-19(31)9-11-20/h3-15,22-24H,1-2H3,(H,32,37)(H,35,36). The van der Waals surface area contributed by atoms with E-state index in [0.29, 0.717) is 21.2 Å². The molecule has 2 aromatic carbocycles. The second kappa shape index (κ2) is 10.6. The van der Waals surface area contributed by atoms with Crippen LogP contribution in [0.1, 0.15) is 44.6 Å². The number of hydrogen-bond donors (Lipinski definition) is 2. The van der Waals surface area contributed by atoms with Gasteiger partial charge < -0.3 is 10.4 Å². The Morgan fingerprint density at radius 1 is 1.03 bits per heavy atom. The van der Waals surface area contributed by atoms with Crippen LogP contribution in [0.5, 0.6) is 0 Å². The van der Waals surface area contributed by atoms with E-state index in [0.717, 1.165) is 10.4 Å². The van der Waals surface area contributed by atoms with Crippen LogP contribution in [0.15, 0.2) is 77.5 Å². The molecule has 0 spiro atoms. The van der Waals surface area contributed by atoms with Crippen LogP contribution in [0.2, 0.25) is 5.02 Å². The summed E-state index contributed by atoms with van der Waals surface area (Å²) in [5.41, 5.74) is -0.336. The zero-order valence-corrected chi connectivity index (χ0v) is 23.3. The molecule has 0 aliphatic carbocycles. The van der Waals surface area contributed by atoms with E-state index in [9.17, 15) is 23.9 Å². The average Bonchev–Trinajstić information content (AvgIpc) is 3.63. The number of carboxylic acid groups (broad SMARTS) is 1. The van der Waals surface area contributed by atoms with Gasteiger partial charge in [-0.2, -0.15) is 0 Å². The normalized spacial score (nSPS) is 22.6. The number of anilines is 1.